The molecule has 0 saturated heterocycles. The Kier molecular flexibility index (Phi) is 8.31. The van der Waals surface area contributed by atoms with Crippen LogP contribution in [0.2, 0.25) is 0 Å². The second kappa shape index (κ2) is 8.86. The van der Waals surface area contributed by atoms with Crippen LogP contribution in [-0.2, 0) is 14.3 Å². The summed E-state index contributed by atoms with van der Waals surface area (Å²) < 4.78 is 42.6. The number of carboxylic acids is 1. The minimum atomic E-state index is -4.52. The molecule has 0 spiro atoms. The average Bonchev–Trinajstić information content (AvgIpc) is 2.38. The van der Waals surface area contributed by atoms with Crippen LogP contribution in [-0.4, -0.2) is 54.4 Å². The van der Waals surface area contributed by atoms with Crippen LogP contribution in [0.5, 0.6) is 0 Å². The normalized spacial score (nSPS) is 14.6. The van der Waals surface area contributed by atoms with Crippen molar-refractivity contribution >= 4 is 11.9 Å². The molecule has 0 bridgehead atoms. The van der Waals surface area contributed by atoms with E-state index in [9.17, 15) is 22.8 Å². The molecule has 2 unspecified atom stereocenters. The number of aliphatic carboxylic acids is 1. The summed E-state index contributed by atoms with van der Waals surface area (Å²) in [6.45, 7) is 3.59. The van der Waals surface area contributed by atoms with Gasteiger partial charge in [0.15, 0.2) is 0 Å². The molecule has 0 rings (SSSR count). The lowest BCUT2D eigenvalue weighted by atomic mass is 9.94. The van der Waals surface area contributed by atoms with E-state index in [0.29, 0.717) is 11.5 Å². The molecule has 8 heteroatoms. The van der Waals surface area contributed by atoms with Gasteiger partial charge < -0.3 is 14.7 Å². The first kappa shape index (κ1) is 19.7. The molecule has 5 nitrogen and oxygen atoms in total. The Bertz CT molecular complexity index is 347. The van der Waals surface area contributed by atoms with Gasteiger partial charge in [-0.25, -0.2) is 0 Å². The summed E-state index contributed by atoms with van der Waals surface area (Å²) in [5.74, 6) is -4.08. The van der Waals surface area contributed by atoms with Gasteiger partial charge in [-0.05, 0) is 13.3 Å². The fraction of sp³-hybridized carbons (Fsp3) is 0.846. The summed E-state index contributed by atoms with van der Waals surface area (Å²) in [4.78, 5) is 23.5. The number of carbonyl (C=O) groups excluding carboxylic acids is 1. The standard InChI is InChI=1S/C13H22F3NO4/c1-4-21-7-5-6-17(8-13(14,15)16)11(18)9(2)10(3)12(19)20/h9-10H,4-8H2,1-3H3,(H,19,20). The zero-order valence-electron chi connectivity index (χ0n) is 12.4. The lowest BCUT2D eigenvalue weighted by molar-refractivity contribution is -0.166. The van der Waals surface area contributed by atoms with Crippen LogP contribution in [0.25, 0.3) is 0 Å². The van der Waals surface area contributed by atoms with Crippen molar-refractivity contribution in [3.8, 4) is 0 Å². The molecule has 0 saturated carbocycles. The topological polar surface area (TPSA) is 66.8 Å². The fourth-order valence-corrected chi connectivity index (χ4v) is 1.70. The number of hydrogen-bond donors (Lipinski definition) is 1. The predicted molar refractivity (Wildman–Crippen MR) is 69.7 cm³/mol. The van der Waals surface area contributed by atoms with E-state index in [0.717, 1.165) is 0 Å². The van der Waals surface area contributed by atoms with Crippen LogP contribution >= 0.6 is 0 Å². The molecule has 0 aliphatic heterocycles. The van der Waals surface area contributed by atoms with Gasteiger partial charge in [-0.15, -0.1) is 0 Å². The van der Waals surface area contributed by atoms with Crippen molar-refractivity contribution in [2.45, 2.75) is 33.4 Å². The Morgan fingerprint density at radius 1 is 1.24 bits per heavy atom. The zero-order valence-corrected chi connectivity index (χ0v) is 12.4. The fourth-order valence-electron chi connectivity index (χ4n) is 1.70. The lowest BCUT2D eigenvalue weighted by Crippen LogP contribution is -2.44. The highest BCUT2D eigenvalue weighted by Gasteiger charge is 2.36. The molecule has 0 aliphatic carbocycles. The Morgan fingerprint density at radius 3 is 2.24 bits per heavy atom. The molecule has 0 heterocycles. The number of alkyl halides is 3. The van der Waals surface area contributed by atoms with E-state index in [2.05, 4.69) is 0 Å². The van der Waals surface area contributed by atoms with Gasteiger partial charge in [0.1, 0.15) is 6.54 Å². The minimum absolute atomic E-state index is 0.116. The molecule has 0 aromatic heterocycles. The van der Waals surface area contributed by atoms with Crippen LogP contribution in [0.4, 0.5) is 13.2 Å². The molecule has 0 aromatic carbocycles. The summed E-state index contributed by atoms with van der Waals surface area (Å²) in [5, 5.41) is 8.85. The van der Waals surface area contributed by atoms with E-state index >= 15 is 0 Å². The first-order valence-electron chi connectivity index (χ1n) is 6.76. The van der Waals surface area contributed by atoms with Crippen molar-refractivity contribution in [1.82, 2.24) is 4.90 Å². The van der Waals surface area contributed by atoms with E-state index < -0.39 is 36.4 Å². The first-order valence-corrected chi connectivity index (χ1v) is 6.76. The summed E-state index contributed by atoms with van der Waals surface area (Å²) in [7, 11) is 0. The quantitative estimate of drug-likeness (QED) is 0.662. The SMILES string of the molecule is CCOCCCN(CC(F)(F)F)C(=O)C(C)C(C)C(=O)O. The van der Waals surface area contributed by atoms with Crippen molar-refractivity contribution in [3.63, 3.8) is 0 Å². The van der Waals surface area contributed by atoms with Gasteiger partial charge in [-0.3, -0.25) is 9.59 Å². The van der Waals surface area contributed by atoms with Gasteiger partial charge in [0.2, 0.25) is 5.91 Å². The molecule has 124 valence electrons. The number of hydrogen-bond acceptors (Lipinski definition) is 3. The van der Waals surface area contributed by atoms with Crippen LogP contribution < -0.4 is 0 Å². The van der Waals surface area contributed by atoms with Crippen molar-refractivity contribution in [2.24, 2.45) is 11.8 Å². The lowest BCUT2D eigenvalue weighted by Gasteiger charge is -2.28. The van der Waals surface area contributed by atoms with Crippen LogP contribution in [0.1, 0.15) is 27.2 Å². The Balaban J connectivity index is 4.76. The van der Waals surface area contributed by atoms with Crippen LogP contribution in [0, 0.1) is 11.8 Å². The number of carboxylic acid groups (broad SMARTS) is 1. The van der Waals surface area contributed by atoms with E-state index in [1.807, 2.05) is 0 Å². The first-order chi connectivity index (χ1) is 9.60. The molecule has 2 atom stereocenters. The largest absolute Gasteiger partial charge is 0.481 e. The van der Waals surface area contributed by atoms with Crippen molar-refractivity contribution < 1.29 is 32.6 Å². The van der Waals surface area contributed by atoms with E-state index in [1.54, 1.807) is 6.92 Å². The van der Waals surface area contributed by atoms with E-state index in [-0.39, 0.29) is 19.6 Å². The molecule has 0 aliphatic rings. The summed E-state index contributed by atoms with van der Waals surface area (Å²) in [5.41, 5.74) is 0. The number of rotatable bonds is 9. The molecular weight excluding hydrogens is 291 g/mol. The molecule has 21 heavy (non-hydrogen) atoms. The summed E-state index contributed by atoms with van der Waals surface area (Å²) >= 11 is 0. The van der Waals surface area contributed by atoms with Gasteiger partial charge in [0, 0.05) is 25.7 Å². The molecule has 0 radical (unpaired) electrons. The molecule has 1 N–H and O–H groups in total. The second-order valence-corrected chi connectivity index (χ2v) is 4.84. The highest BCUT2D eigenvalue weighted by atomic mass is 19.4. The van der Waals surface area contributed by atoms with Crippen molar-refractivity contribution in [2.75, 3.05) is 26.3 Å². The summed E-state index contributed by atoms with van der Waals surface area (Å²) in [6.07, 6.45) is -4.25. The Morgan fingerprint density at radius 2 is 1.81 bits per heavy atom. The van der Waals surface area contributed by atoms with Gasteiger partial charge in [-0.2, -0.15) is 13.2 Å². The molecule has 1 amide bonds. The molecule has 0 fully saturated rings. The van der Waals surface area contributed by atoms with Gasteiger partial charge >= 0.3 is 12.1 Å². The predicted octanol–water partition coefficient (Wildman–Crippen LogP) is 2.16. The molecular formula is C13H22F3NO4. The summed E-state index contributed by atoms with van der Waals surface area (Å²) in [6, 6.07) is 0. The van der Waals surface area contributed by atoms with Crippen LogP contribution in [0.15, 0.2) is 0 Å². The van der Waals surface area contributed by atoms with E-state index in [4.69, 9.17) is 9.84 Å². The Hall–Kier alpha value is -1.31. The van der Waals surface area contributed by atoms with Crippen LogP contribution in [0.3, 0.4) is 0 Å². The average molecular weight is 313 g/mol. The second-order valence-electron chi connectivity index (χ2n) is 4.84. The third kappa shape index (κ3) is 7.89. The number of carbonyl (C=O) groups is 2. The van der Waals surface area contributed by atoms with Gasteiger partial charge in [-0.1, -0.05) is 13.8 Å². The maximum atomic E-state index is 12.5. The highest BCUT2D eigenvalue weighted by molar-refractivity contribution is 5.84. The maximum Gasteiger partial charge on any atom is 0.406 e. The number of halogens is 3. The smallest absolute Gasteiger partial charge is 0.406 e. The third-order valence-corrected chi connectivity index (χ3v) is 3.13. The zero-order chi connectivity index (χ0) is 16.6. The van der Waals surface area contributed by atoms with Gasteiger partial charge in [0.05, 0.1) is 5.92 Å². The highest BCUT2D eigenvalue weighted by Crippen LogP contribution is 2.21. The third-order valence-electron chi connectivity index (χ3n) is 3.13. The minimum Gasteiger partial charge on any atom is -0.481 e. The monoisotopic (exact) mass is 313 g/mol. The van der Waals surface area contributed by atoms with Crippen molar-refractivity contribution in [1.29, 1.82) is 0 Å². The van der Waals surface area contributed by atoms with Gasteiger partial charge in [0.25, 0.3) is 0 Å². The number of nitrogens with zero attached hydrogens (tertiary/aromatic N) is 1. The van der Waals surface area contributed by atoms with Crippen molar-refractivity contribution in [3.05, 3.63) is 0 Å². The number of amides is 1. The molecule has 0 aromatic rings. The van der Waals surface area contributed by atoms with E-state index in [1.165, 1.54) is 13.8 Å². The maximum absolute atomic E-state index is 12.5. The Labute approximate surface area is 122 Å². The number of ether oxygens (including phenoxy) is 1.